The Morgan fingerprint density at radius 2 is 2.19 bits per heavy atom. The molecule has 0 fully saturated rings. The van der Waals surface area contributed by atoms with E-state index in [1.165, 1.54) is 0 Å². The van der Waals surface area contributed by atoms with Crippen LogP contribution in [0.1, 0.15) is 31.4 Å². The summed E-state index contributed by atoms with van der Waals surface area (Å²) in [7, 11) is 0. The smallest absolute Gasteiger partial charge is 0.307 e. The van der Waals surface area contributed by atoms with Crippen molar-refractivity contribution in [2.45, 2.75) is 32.9 Å². The highest BCUT2D eigenvalue weighted by Crippen LogP contribution is 2.14. The lowest BCUT2D eigenvalue weighted by Crippen LogP contribution is -2.41. The molecule has 0 aliphatic heterocycles. The zero-order chi connectivity index (χ0) is 15.8. The third kappa shape index (κ3) is 5.18. The lowest BCUT2D eigenvalue weighted by molar-refractivity contribution is -0.142. The van der Waals surface area contributed by atoms with Crippen LogP contribution in [0.15, 0.2) is 24.3 Å². The third-order valence-electron chi connectivity index (χ3n) is 3.57. The average molecular weight is 290 g/mol. The van der Waals surface area contributed by atoms with Gasteiger partial charge in [-0.25, -0.2) is 0 Å². The minimum absolute atomic E-state index is 0.0131. The van der Waals surface area contributed by atoms with E-state index in [1.54, 1.807) is 19.1 Å². The van der Waals surface area contributed by atoms with Gasteiger partial charge in [-0.05, 0) is 24.1 Å². The average Bonchev–Trinajstić information content (AvgIpc) is 2.48. The predicted molar refractivity (Wildman–Crippen MR) is 79.5 cm³/mol. The fourth-order valence-electron chi connectivity index (χ4n) is 2.25. The Hall–Kier alpha value is -1.90. The van der Waals surface area contributed by atoms with Gasteiger partial charge in [-0.1, -0.05) is 26.0 Å². The second kappa shape index (κ2) is 8.40. The number of benzene rings is 1. The summed E-state index contributed by atoms with van der Waals surface area (Å²) in [4.78, 5) is 13.0. The lowest BCUT2D eigenvalue weighted by Gasteiger charge is -2.31. The van der Waals surface area contributed by atoms with Gasteiger partial charge >= 0.3 is 5.97 Å². The fraction of sp³-hybridized carbons (Fsp3) is 0.500. The standard InChI is InChI=1S/C16H22N2O3/c1-3-15(11-19)18(9-12(2)16(20)21)10-14-6-4-5-13(7-14)8-17/h4-7,12,15,19H,3,9-11H2,1-2H3,(H,20,21). The molecule has 2 unspecified atom stereocenters. The van der Waals surface area contributed by atoms with Crippen LogP contribution in [0, 0.1) is 17.2 Å². The summed E-state index contributed by atoms with van der Waals surface area (Å²) < 4.78 is 0. The maximum atomic E-state index is 11.1. The van der Waals surface area contributed by atoms with E-state index in [1.807, 2.05) is 24.0 Å². The number of nitriles is 1. The number of hydrogen-bond donors (Lipinski definition) is 2. The van der Waals surface area contributed by atoms with Crippen molar-refractivity contribution in [1.29, 1.82) is 5.26 Å². The van der Waals surface area contributed by atoms with E-state index in [2.05, 4.69) is 6.07 Å². The Morgan fingerprint density at radius 1 is 1.48 bits per heavy atom. The molecule has 5 nitrogen and oxygen atoms in total. The molecule has 5 heteroatoms. The van der Waals surface area contributed by atoms with Crippen LogP contribution in [0.5, 0.6) is 0 Å². The van der Waals surface area contributed by atoms with Gasteiger partial charge in [0.1, 0.15) is 0 Å². The van der Waals surface area contributed by atoms with E-state index < -0.39 is 11.9 Å². The van der Waals surface area contributed by atoms with Crippen molar-refractivity contribution in [1.82, 2.24) is 4.90 Å². The first kappa shape index (κ1) is 17.2. The highest BCUT2D eigenvalue weighted by atomic mass is 16.4. The molecule has 1 aromatic carbocycles. The predicted octanol–water partition coefficient (Wildman–Crippen LogP) is 1.85. The number of hydrogen-bond acceptors (Lipinski definition) is 4. The summed E-state index contributed by atoms with van der Waals surface area (Å²) in [5.74, 6) is -1.36. The van der Waals surface area contributed by atoms with Crippen molar-refractivity contribution in [3.63, 3.8) is 0 Å². The normalized spacial score (nSPS) is 13.7. The molecule has 0 aliphatic rings. The molecule has 0 aromatic heterocycles. The maximum absolute atomic E-state index is 11.1. The summed E-state index contributed by atoms with van der Waals surface area (Å²) in [6.07, 6.45) is 0.737. The van der Waals surface area contributed by atoms with E-state index in [-0.39, 0.29) is 12.6 Å². The van der Waals surface area contributed by atoms with E-state index in [9.17, 15) is 9.90 Å². The fourth-order valence-corrected chi connectivity index (χ4v) is 2.25. The second-order valence-corrected chi connectivity index (χ2v) is 5.23. The van der Waals surface area contributed by atoms with Crippen LogP contribution in [0.25, 0.3) is 0 Å². The van der Waals surface area contributed by atoms with Crippen LogP contribution < -0.4 is 0 Å². The molecule has 0 amide bonds. The van der Waals surface area contributed by atoms with Crippen LogP contribution in [0.4, 0.5) is 0 Å². The van der Waals surface area contributed by atoms with Gasteiger partial charge in [0, 0.05) is 19.1 Å². The summed E-state index contributed by atoms with van der Waals surface area (Å²) in [5.41, 5.74) is 1.52. The van der Waals surface area contributed by atoms with Crippen LogP contribution in [-0.2, 0) is 11.3 Å². The zero-order valence-electron chi connectivity index (χ0n) is 12.5. The molecule has 1 aromatic rings. The van der Waals surface area contributed by atoms with E-state index in [0.29, 0.717) is 18.7 Å². The number of carboxylic acids is 1. The van der Waals surface area contributed by atoms with Gasteiger partial charge in [0.2, 0.25) is 0 Å². The molecule has 21 heavy (non-hydrogen) atoms. The summed E-state index contributed by atoms with van der Waals surface area (Å²) in [6.45, 7) is 4.49. The third-order valence-corrected chi connectivity index (χ3v) is 3.57. The first-order valence-electron chi connectivity index (χ1n) is 7.08. The van der Waals surface area contributed by atoms with Gasteiger partial charge in [-0.3, -0.25) is 9.69 Å². The molecule has 114 valence electrons. The monoisotopic (exact) mass is 290 g/mol. The Kier molecular flexibility index (Phi) is 6.86. The van der Waals surface area contributed by atoms with Gasteiger partial charge in [-0.15, -0.1) is 0 Å². The minimum atomic E-state index is -0.849. The first-order chi connectivity index (χ1) is 10.0. The minimum Gasteiger partial charge on any atom is -0.481 e. The number of nitrogens with zero attached hydrogens (tertiary/aromatic N) is 2. The van der Waals surface area contributed by atoms with Crippen molar-refractivity contribution < 1.29 is 15.0 Å². The van der Waals surface area contributed by atoms with Gasteiger partial charge in [-0.2, -0.15) is 5.26 Å². The van der Waals surface area contributed by atoms with Gasteiger partial charge < -0.3 is 10.2 Å². The number of carboxylic acid groups (broad SMARTS) is 1. The molecule has 0 spiro atoms. The SMILES string of the molecule is CCC(CO)N(Cc1cccc(C#N)c1)CC(C)C(=O)O. The van der Waals surface area contributed by atoms with Crippen LogP contribution in [0.2, 0.25) is 0 Å². The maximum Gasteiger partial charge on any atom is 0.307 e. The summed E-state index contributed by atoms with van der Waals surface area (Å²) >= 11 is 0. The van der Waals surface area contributed by atoms with Gasteiger partial charge in [0.25, 0.3) is 0 Å². The van der Waals surface area contributed by atoms with Crippen LogP contribution >= 0.6 is 0 Å². The molecule has 0 radical (unpaired) electrons. The first-order valence-corrected chi connectivity index (χ1v) is 7.08. The topological polar surface area (TPSA) is 84.6 Å². The number of rotatable bonds is 8. The highest BCUT2D eigenvalue weighted by molar-refractivity contribution is 5.69. The van der Waals surface area contributed by atoms with Gasteiger partial charge in [0.05, 0.1) is 24.2 Å². The molecule has 0 heterocycles. The number of aliphatic hydroxyl groups excluding tert-OH is 1. The van der Waals surface area contributed by atoms with Crippen molar-refractivity contribution in [2.75, 3.05) is 13.2 Å². The quantitative estimate of drug-likeness (QED) is 0.763. The largest absolute Gasteiger partial charge is 0.481 e. The molecular weight excluding hydrogens is 268 g/mol. The van der Waals surface area contributed by atoms with E-state index in [0.717, 1.165) is 12.0 Å². The van der Waals surface area contributed by atoms with Crippen molar-refractivity contribution in [3.05, 3.63) is 35.4 Å². The Morgan fingerprint density at radius 3 is 2.71 bits per heavy atom. The molecule has 0 saturated carbocycles. The van der Waals surface area contributed by atoms with Crippen molar-refractivity contribution >= 4 is 5.97 Å². The molecule has 0 aliphatic carbocycles. The van der Waals surface area contributed by atoms with Crippen molar-refractivity contribution in [2.24, 2.45) is 5.92 Å². The molecule has 1 rings (SSSR count). The summed E-state index contributed by atoms with van der Waals surface area (Å²) in [6, 6.07) is 9.25. The summed E-state index contributed by atoms with van der Waals surface area (Å²) in [5, 5.41) is 27.5. The van der Waals surface area contributed by atoms with Crippen LogP contribution in [0.3, 0.4) is 0 Å². The lowest BCUT2D eigenvalue weighted by atomic mass is 10.1. The molecule has 2 N–H and O–H groups in total. The number of carbonyl (C=O) groups is 1. The molecule has 0 bridgehead atoms. The van der Waals surface area contributed by atoms with E-state index in [4.69, 9.17) is 10.4 Å². The second-order valence-electron chi connectivity index (χ2n) is 5.23. The molecular formula is C16H22N2O3. The van der Waals surface area contributed by atoms with Crippen LogP contribution in [-0.4, -0.2) is 40.3 Å². The highest BCUT2D eigenvalue weighted by Gasteiger charge is 2.22. The Balaban J connectivity index is 2.90. The van der Waals surface area contributed by atoms with E-state index >= 15 is 0 Å². The molecule has 2 atom stereocenters. The Bertz CT molecular complexity index is 506. The van der Waals surface area contributed by atoms with Crippen molar-refractivity contribution in [3.8, 4) is 6.07 Å². The number of aliphatic carboxylic acids is 1. The Labute approximate surface area is 125 Å². The zero-order valence-corrected chi connectivity index (χ0v) is 12.5. The molecule has 0 saturated heterocycles. The number of aliphatic hydroxyl groups is 1. The van der Waals surface area contributed by atoms with Gasteiger partial charge in [0.15, 0.2) is 0 Å².